The summed E-state index contributed by atoms with van der Waals surface area (Å²) in [5, 5.41) is 8.87. The highest BCUT2D eigenvalue weighted by Crippen LogP contribution is 2.08. The van der Waals surface area contributed by atoms with Crippen molar-refractivity contribution in [2.75, 3.05) is 13.1 Å². The molecule has 19 heavy (non-hydrogen) atoms. The van der Waals surface area contributed by atoms with Crippen molar-refractivity contribution >= 4 is 11.9 Å². The molecule has 6 nitrogen and oxygen atoms in total. The number of nitrogens with zero attached hydrogens (tertiary/aromatic N) is 2. The van der Waals surface area contributed by atoms with Crippen LogP contribution in [0.3, 0.4) is 0 Å². The number of hydrogen-bond donors (Lipinski definition) is 2. The molecule has 0 aliphatic carbocycles. The summed E-state index contributed by atoms with van der Waals surface area (Å²) in [5.41, 5.74) is 6.49. The van der Waals surface area contributed by atoms with Gasteiger partial charge in [0.1, 0.15) is 6.54 Å². The van der Waals surface area contributed by atoms with Gasteiger partial charge in [-0.2, -0.15) is 0 Å². The highest BCUT2D eigenvalue weighted by Gasteiger charge is 2.19. The number of pyridine rings is 1. The van der Waals surface area contributed by atoms with E-state index in [-0.39, 0.29) is 24.9 Å². The molecule has 1 aromatic rings. The lowest BCUT2D eigenvalue weighted by molar-refractivity contribution is -0.137. The van der Waals surface area contributed by atoms with Gasteiger partial charge in [0.05, 0.1) is 5.69 Å². The highest BCUT2D eigenvalue weighted by molar-refractivity contribution is 5.95. The van der Waals surface area contributed by atoms with E-state index in [1.54, 1.807) is 12.1 Å². The van der Waals surface area contributed by atoms with E-state index in [2.05, 4.69) is 4.98 Å². The molecule has 104 valence electrons. The molecular weight excluding hydrogens is 246 g/mol. The van der Waals surface area contributed by atoms with Crippen LogP contribution in [0, 0.1) is 5.92 Å². The van der Waals surface area contributed by atoms with Crippen LogP contribution in [0.5, 0.6) is 0 Å². The topological polar surface area (TPSA) is 96.5 Å². The number of nitrogens with two attached hydrogens (primary N) is 1. The summed E-state index contributed by atoms with van der Waals surface area (Å²) >= 11 is 0. The zero-order valence-electron chi connectivity index (χ0n) is 11.2. The standard InChI is InChI=1S/C13H19N3O3/c1-9(2)7-16(8-12(17)18)13(19)10-3-4-15-11(5-10)6-14/h3-5,9H,6-8,14H2,1-2H3,(H,17,18). The van der Waals surface area contributed by atoms with Crippen LogP contribution in [0.25, 0.3) is 0 Å². The fourth-order valence-corrected chi connectivity index (χ4v) is 1.73. The molecule has 1 aromatic heterocycles. The number of aliphatic carboxylic acids is 1. The molecule has 1 amide bonds. The fourth-order valence-electron chi connectivity index (χ4n) is 1.73. The molecule has 0 spiro atoms. The zero-order chi connectivity index (χ0) is 14.4. The van der Waals surface area contributed by atoms with Crippen molar-refractivity contribution in [1.82, 2.24) is 9.88 Å². The van der Waals surface area contributed by atoms with Crippen LogP contribution in [-0.4, -0.2) is 40.0 Å². The first kappa shape index (κ1) is 15.1. The Hall–Kier alpha value is -1.95. The van der Waals surface area contributed by atoms with Crippen molar-refractivity contribution in [3.8, 4) is 0 Å². The summed E-state index contributed by atoms with van der Waals surface area (Å²) in [4.78, 5) is 28.4. The van der Waals surface area contributed by atoms with Crippen LogP contribution < -0.4 is 5.73 Å². The number of aromatic nitrogens is 1. The number of carboxylic acids is 1. The Kier molecular flexibility index (Phi) is 5.44. The fraction of sp³-hybridized carbons (Fsp3) is 0.462. The molecule has 0 aromatic carbocycles. The molecule has 0 unspecified atom stereocenters. The summed E-state index contributed by atoms with van der Waals surface area (Å²) in [6, 6.07) is 3.16. The first-order chi connectivity index (χ1) is 8.93. The molecule has 1 heterocycles. The average Bonchev–Trinajstić information content (AvgIpc) is 2.36. The first-order valence-corrected chi connectivity index (χ1v) is 6.10. The van der Waals surface area contributed by atoms with Gasteiger partial charge in [-0.3, -0.25) is 14.6 Å². The van der Waals surface area contributed by atoms with E-state index in [4.69, 9.17) is 10.8 Å². The molecule has 1 rings (SSSR count). The molecule has 6 heteroatoms. The Morgan fingerprint density at radius 1 is 1.47 bits per heavy atom. The Morgan fingerprint density at radius 3 is 2.68 bits per heavy atom. The average molecular weight is 265 g/mol. The van der Waals surface area contributed by atoms with Crippen molar-refractivity contribution < 1.29 is 14.7 Å². The predicted molar refractivity (Wildman–Crippen MR) is 70.5 cm³/mol. The lowest BCUT2D eigenvalue weighted by atomic mass is 10.1. The summed E-state index contributed by atoms with van der Waals surface area (Å²) < 4.78 is 0. The maximum absolute atomic E-state index is 12.3. The lowest BCUT2D eigenvalue weighted by Gasteiger charge is -2.22. The van der Waals surface area contributed by atoms with Crippen LogP contribution in [0.1, 0.15) is 29.9 Å². The highest BCUT2D eigenvalue weighted by atomic mass is 16.4. The number of carbonyl (C=O) groups is 2. The van der Waals surface area contributed by atoms with Crippen LogP contribution in [0.2, 0.25) is 0 Å². The first-order valence-electron chi connectivity index (χ1n) is 6.10. The lowest BCUT2D eigenvalue weighted by Crippen LogP contribution is -2.38. The minimum Gasteiger partial charge on any atom is -0.480 e. The normalized spacial score (nSPS) is 10.5. The number of carboxylic acid groups (broad SMARTS) is 1. The minimum absolute atomic E-state index is 0.194. The number of carbonyl (C=O) groups excluding carboxylic acids is 1. The predicted octanol–water partition coefficient (Wildman–Crippen LogP) is 0.723. The van der Waals surface area contributed by atoms with Crippen LogP contribution >= 0.6 is 0 Å². The van der Waals surface area contributed by atoms with Gasteiger partial charge in [0.2, 0.25) is 0 Å². The van der Waals surface area contributed by atoms with Crippen LogP contribution in [0.4, 0.5) is 0 Å². The summed E-state index contributed by atoms with van der Waals surface area (Å²) in [5.74, 6) is -1.14. The molecule has 0 saturated carbocycles. The molecule has 0 atom stereocenters. The van der Waals surface area contributed by atoms with E-state index in [1.165, 1.54) is 11.1 Å². The van der Waals surface area contributed by atoms with Gasteiger partial charge in [0, 0.05) is 24.8 Å². The van der Waals surface area contributed by atoms with Gasteiger partial charge in [0.15, 0.2) is 0 Å². The van der Waals surface area contributed by atoms with Gasteiger partial charge < -0.3 is 15.7 Å². The van der Waals surface area contributed by atoms with Gasteiger partial charge in [-0.1, -0.05) is 13.8 Å². The molecule has 0 saturated heterocycles. The monoisotopic (exact) mass is 265 g/mol. The number of hydrogen-bond acceptors (Lipinski definition) is 4. The van der Waals surface area contributed by atoms with E-state index >= 15 is 0 Å². The summed E-state index contributed by atoms with van der Waals surface area (Å²) in [6.07, 6.45) is 1.50. The third-order valence-electron chi connectivity index (χ3n) is 2.47. The SMILES string of the molecule is CC(C)CN(CC(=O)O)C(=O)c1ccnc(CN)c1. The third kappa shape index (κ3) is 4.67. The van der Waals surface area contributed by atoms with Crippen molar-refractivity contribution in [3.05, 3.63) is 29.6 Å². The zero-order valence-corrected chi connectivity index (χ0v) is 11.2. The maximum atomic E-state index is 12.3. The Labute approximate surface area is 112 Å². The summed E-state index contributed by atoms with van der Waals surface area (Å²) in [6.45, 7) is 4.19. The van der Waals surface area contributed by atoms with Crippen molar-refractivity contribution in [1.29, 1.82) is 0 Å². The summed E-state index contributed by atoms with van der Waals surface area (Å²) in [7, 11) is 0. The minimum atomic E-state index is -1.03. The van der Waals surface area contributed by atoms with E-state index < -0.39 is 5.97 Å². The van der Waals surface area contributed by atoms with E-state index in [0.717, 1.165) is 0 Å². The Bertz CT molecular complexity index is 460. The van der Waals surface area contributed by atoms with Gasteiger partial charge in [0.25, 0.3) is 5.91 Å². The molecule has 0 fully saturated rings. The van der Waals surface area contributed by atoms with Gasteiger partial charge >= 0.3 is 5.97 Å². The molecule has 0 aliphatic rings. The van der Waals surface area contributed by atoms with Gasteiger partial charge in [-0.05, 0) is 18.1 Å². The van der Waals surface area contributed by atoms with E-state index in [0.29, 0.717) is 17.8 Å². The molecule has 0 radical (unpaired) electrons. The molecule has 3 N–H and O–H groups in total. The Morgan fingerprint density at radius 2 is 2.16 bits per heavy atom. The van der Waals surface area contributed by atoms with Gasteiger partial charge in [-0.25, -0.2) is 0 Å². The van der Waals surface area contributed by atoms with E-state index in [9.17, 15) is 9.59 Å². The van der Waals surface area contributed by atoms with Crippen molar-refractivity contribution in [3.63, 3.8) is 0 Å². The van der Waals surface area contributed by atoms with Crippen molar-refractivity contribution in [2.45, 2.75) is 20.4 Å². The number of amides is 1. The molecule has 0 aliphatic heterocycles. The van der Waals surface area contributed by atoms with E-state index in [1.807, 2.05) is 13.8 Å². The smallest absolute Gasteiger partial charge is 0.323 e. The quantitative estimate of drug-likeness (QED) is 0.790. The second-order valence-corrected chi connectivity index (χ2v) is 4.71. The largest absolute Gasteiger partial charge is 0.480 e. The Balaban J connectivity index is 2.93. The third-order valence-corrected chi connectivity index (χ3v) is 2.47. The second kappa shape index (κ2) is 6.84. The molecular formula is C13H19N3O3. The van der Waals surface area contributed by atoms with Crippen molar-refractivity contribution in [2.24, 2.45) is 11.7 Å². The number of rotatable bonds is 6. The van der Waals surface area contributed by atoms with Crippen LogP contribution in [0.15, 0.2) is 18.3 Å². The van der Waals surface area contributed by atoms with Gasteiger partial charge in [-0.15, -0.1) is 0 Å². The maximum Gasteiger partial charge on any atom is 0.323 e. The molecule has 0 bridgehead atoms. The van der Waals surface area contributed by atoms with Crippen LogP contribution in [-0.2, 0) is 11.3 Å². The second-order valence-electron chi connectivity index (χ2n) is 4.71.